The zero-order valence-electron chi connectivity index (χ0n) is 15.1. The average molecular weight is 407 g/mol. The number of ether oxygens (including phenoxy) is 1. The molecule has 4 aromatic rings. The number of pyridine rings is 1. The molecule has 0 bridgehead atoms. The van der Waals surface area contributed by atoms with Crippen LogP contribution in [0.25, 0.3) is 11.2 Å². The van der Waals surface area contributed by atoms with E-state index >= 15 is 0 Å². The maximum absolute atomic E-state index is 11.1. The van der Waals surface area contributed by atoms with Crippen LogP contribution in [-0.4, -0.2) is 37.8 Å². The quantitative estimate of drug-likeness (QED) is 0.463. The van der Waals surface area contributed by atoms with Crippen LogP contribution in [0.3, 0.4) is 0 Å². The highest BCUT2D eigenvalue weighted by molar-refractivity contribution is 6.30. The molecule has 0 atom stereocenters. The number of hydrogen-bond acceptors (Lipinski definition) is 8. The van der Waals surface area contributed by atoms with Gasteiger partial charge in [0.2, 0.25) is 5.88 Å². The predicted octanol–water partition coefficient (Wildman–Crippen LogP) is 3.73. The van der Waals surface area contributed by atoms with E-state index in [0.29, 0.717) is 46.1 Å². The van der Waals surface area contributed by atoms with Gasteiger partial charge < -0.3 is 10.1 Å². The number of hydrogen-bond donors (Lipinski definition) is 1. The van der Waals surface area contributed by atoms with Crippen LogP contribution in [-0.2, 0) is 6.42 Å². The molecule has 0 aliphatic carbocycles. The molecule has 0 unspecified atom stereocenters. The molecule has 0 radical (unpaired) electrons. The van der Waals surface area contributed by atoms with Crippen molar-refractivity contribution >= 4 is 34.9 Å². The summed E-state index contributed by atoms with van der Waals surface area (Å²) in [7, 11) is 0. The van der Waals surface area contributed by atoms with E-state index in [1.807, 2.05) is 24.3 Å². The van der Waals surface area contributed by atoms with E-state index in [1.54, 1.807) is 12.4 Å². The molecule has 144 valence electrons. The van der Waals surface area contributed by atoms with Crippen molar-refractivity contribution < 1.29 is 9.53 Å². The number of carbonyl (C=O) groups excluding carboxylic acids is 1. The maximum atomic E-state index is 11.1. The zero-order valence-corrected chi connectivity index (χ0v) is 15.9. The molecule has 0 amide bonds. The van der Waals surface area contributed by atoms with Crippen molar-refractivity contribution in [3.63, 3.8) is 0 Å². The van der Waals surface area contributed by atoms with Crippen LogP contribution >= 0.6 is 11.6 Å². The summed E-state index contributed by atoms with van der Waals surface area (Å²) in [6.07, 6.45) is 7.54. The zero-order chi connectivity index (χ0) is 20.1. The van der Waals surface area contributed by atoms with Crippen LogP contribution in [0.1, 0.15) is 15.9 Å². The molecule has 0 saturated heterocycles. The van der Waals surface area contributed by atoms with Crippen LogP contribution in [0.2, 0.25) is 5.02 Å². The lowest BCUT2D eigenvalue weighted by atomic mass is 10.1. The minimum Gasteiger partial charge on any atom is -0.438 e. The molecule has 0 fully saturated rings. The Morgan fingerprint density at radius 3 is 2.69 bits per heavy atom. The van der Waals surface area contributed by atoms with Crippen LogP contribution < -0.4 is 10.1 Å². The predicted molar refractivity (Wildman–Crippen MR) is 108 cm³/mol. The third-order valence-corrected chi connectivity index (χ3v) is 4.29. The SMILES string of the molecule is O=Cc1cc(Cl)cnc1Oc1ccc(CCNc2ncnc3nccnc23)cc1. The average Bonchev–Trinajstić information content (AvgIpc) is 2.76. The van der Waals surface area contributed by atoms with Crippen LogP contribution in [0.4, 0.5) is 5.82 Å². The van der Waals surface area contributed by atoms with Crippen LogP contribution in [0.15, 0.2) is 55.2 Å². The minimum atomic E-state index is 0.218. The van der Waals surface area contributed by atoms with Gasteiger partial charge in [-0.15, -0.1) is 0 Å². The van der Waals surface area contributed by atoms with Gasteiger partial charge in [0.25, 0.3) is 0 Å². The summed E-state index contributed by atoms with van der Waals surface area (Å²) in [5.74, 6) is 1.45. The molecule has 4 rings (SSSR count). The van der Waals surface area contributed by atoms with Gasteiger partial charge >= 0.3 is 0 Å². The molecule has 9 heteroatoms. The third kappa shape index (κ3) is 4.44. The minimum absolute atomic E-state index is 0.218. The van der Waals surface area contributed by atoms with Crippen LogP contribution in [0.5, 0.6) is 11.6 Å². The molecular formula is C20H15ClN6O2. The number of nitrogens with zero attached hydrogens (tertiary/aromatic N) is 5. The Kier molecular flexibility index (Phi) is 5.53. The Bertz CT molecular complexity index is 1150. The molecule has 8 nitrogen and oxygen atoms in total. The Labute approximate surface area is 171 Å². The lowest BCUT2D eigenvalue weighted by Crippen LogP contribution is -2.08. The molecule has 3 heterocycles. The van der Waals surface area contributed by atoms with Gasteiger partial charge in [-0.1, -0.05) is 23.7 Å². The summed E-state index contributed by atoms with van der Waals surface area (Å²) in [4.78, 5) is 32.0. The normalized spacial score (nSPS) is 10.7. The monoisotopic (exact) mass is 406 g/mol. The number of anilines is 1. The number of rotatable bonds is 7. The summed E-state index contributed by atoms with van der Waals surface area (Å²) in [5, 5.41) is 3.64. The van der Waals surface area contributed by atoms with Crippen molar-refractivity contribution in [1.82, 2.24) is 24.9 Å². The Balaban J connectivity index is 1.38. The number of benzene rings is 1. The lowest BCUT2D eigenvalue weighted by Gasteiger charge is -2.09. The number of halogens is 1. The fraction of sp³-hybridized carbons (Fsp3) is 0.100. The van der Waals surface area contributed by atoms with Crippen molar-refractivity contribution in [3.8, 4) is 11.6 Å². The first-order valence-corrected chi connectivity index (χ1v) is 9.14. The maximum Gasteiger partial charge on any atom is 0.229 e. The van der Waals surface area contributed by atoms with Crippen molar-refractivity contribution in [2.24, 2.45) is 0 Å². The third-order valence-electron chi connectivity index (χ3n) is 4.09. The molecule has 0 spiro atoms. The first-order chi connectivity index (χ1) is 14.2. The van der Waals surface area contributed by atoms with Crippen molar-refractivity contribution in [2.75, 3.05) is 11.9 Å². The molecule has 0 aliphatic heterocycles. The standard InChI is InChI=1S/C20H15ClN6O2/c21-15-9-14(11-28)20(25-10-15)29-16-3-1-13(2-4-16)5-6-23-18-17-19(27-12-26-18)24-8-7-22-17/h1-4,7-12H,5-6H2,(H,23,24,26,27). The van der Waals surface area contributed by atoms with Gasteiger partial charge in [0.15, 0.2) is 17.8 Å². The van der Waals surface area contributed by atoms with Crippen molar-refractivity contribution in [1.29, 1.82) is 0 Å². The van der Waals surface area contributed by atoms with E-state index in [9.17, 15) is 4.79 Å². The van der Waals surface area contributed by atoms with Crippen molar-refractivity contribution in [3.05, 3.63) is 71.4 Å². The fourth-order valence-electron chi connectivity index (χ4n) is 2.70. The molecular weight excluding hydrogens is 392 g/mol. The van der Waals surface area contributed by atoms with E-state index in [2.05, 4.69) is 30.2 Å². The second-order valence-electron chi connectivity index (χ2n) is 6.04. The van der Waals surface area contributed by atoms with E-state index in [-0.39, 0.29) is 5.88 Å². The highest BCUT2D eigenvalue weighted by Crippen LogP contribution is 2.24. The number of aldehydes is 1. The summed E-state index contributed by atoms with van der Waals surface area (Å²) in [5.41, 5.74) is 2.59. The highest BCUT2D eigenvalue weighted by Gasteiger charge is 2.08. The number of fused-ring (bicyclic) bond motifs is 1. The van der Waals surface area contributed by atoms with Gasteiger partial charge in [-0.2, -0.15) is 0 Å². The van der Waals surface area contributed by atoms with Gasteiger partial charge in [-0.3, -0.25) is 4.79 Å². The summed E-state index contributed by atoms with van der Waals surface area (Å²) >= 11 is 5.85. The topological polar surface area (TPSA) is 103 Å². The van der Waals surface area contributed by atoms with E-state index in [1.165, 1.54) is 18.6 Å². The van der Waals surface area contributed by atoms with E-state index in [0.717, 1.165) is 12.0 Å². The summed E-state index contributed by atoms with van der Waals surface area (Å²) in [6, 6.07) is 9.06. The largest absolute Gasteiger partial charge is 0.438 e. The first kappa shape index (κ1) is 18.7. The molecule has 1 aromatic carbocycles. The lowest BCUT2D eigenvalue weighted by molar-refractivity contribution is 0.112. The fourth-order valence-corrected chi connectivity index (χ4v) is 2.86. The van der Waals surface area contributed by atoms with Gasteiger partial charge in [0, 0.05) is 25.1 Å². The molecule has 0 saturated carbocycles. The number of nitrogens with one attached hydrogen (secondary N) is 1. The Morgan fingerprint density at radius 1 is 1.03 bits per heavy atom. The number of carbonyl (C=O) groups is 1. The van der Waals surface area contributed by atoms with Gasteiger partial charge in [-0.05, 0) is 30.2 Å². The second-order valence-corrected chi connectivity index (χ2v) is 6.48. The van der Waals surface area contributed by atoms with E-state index < -0.39 is 0 Å². The van der Waals surface area contributed by atoms with Gasteiger partial charge in [0.1, 0.15) is 17.6 Å². The molecule has 1 N–H and O–H groups in total. The summed E-state index contributed by atoms with van der Waals surface area (Å²) < 4.78 is 5.68. The van der Waals surface area contributed by atoms with Crippen molar-refractivity contribution in [2.45, 2.75) is 6.42 Å². The smallest absolute Gasteiger partial charge is 0.229 e. The summed E-state index contributed by atoms with van der Waals surface area (Å²) in [6.45, 7) is 0.664. The van der Waals surface area contributed by atoms with Gasteiger partial charge in [0.05, 0.1) is 10.6 Å². The highest BCUT2D eigenvalue weighted by atomic mass is 35.5. The second kappa shape index (κ2) is 8.57. The molecule has 3 aromatic heterocycles. The Morgan fingerprint density at radius 2 is 1.86 bits per heavy atom. The van der Waals surface area contributed by atoms with E-state index in [4.69, 9.17) is 16.3 Å². The molecule has 29 heavy (non-hydrogen) atoms. The van der Waals surface area contributed by atoms with Crippen LogP contribution in [0, 0.1) is 0 Å². The Hall–Kier alpha value is -3.65. The molecule has 0 aliphatic rings. The number of aromatic nitrogens is 5. The first-order valence-electron chi connectivity index (χ1n) is 8.76. The van der Waals surface area contributed by atoms with Gasteiger partial charge in [-0.25, -0.2) is 24.9 Å².